The van der Waals surface area contributed by atoms with E-state index in [2.05, 4.69) is 40.4 Å². The number of thioether (sulfide) groups is 1. The Morgan fingerprint density at radius 1 is 0.726 bits per heavy atom. The summed E-state index contributed by atoms with van der Waals surface area (Å²) in [5.41, 5.74) is 6.34. The van der Waals surface area contributed by atoms with Crippen LogP contribution in [0.3, 0.4) is 0 Å². The second-order valence-electron chi connectivity index (χ2n) is 16.0. The number of hydrogen-bond donors (Lipinski definition) is 2. The number of carbonyl (C=O) groups excluding carboxylic acids is 3. The number of likely N-dealkylation sites (N-methyl/N-ethyl adjacent to an activating group) is 1. The lowest BCUT2D eigenvalue weighted by Crippen LogP contribution is -2.53. The maximum atomic E-state index is 15.5. The number of carbonyl (C=O) groups is 3. The van der Waals surface area contributed by atoms with Gasteiger partial charge in [-0.2, -0.15) is 0 Å². The molecule has 7 aromatic rings. The predicted octanol–water partition coefficient (Wildman–Crippen LogP) is 8.86. The summed E-state index contributed by atoms with van der Waals surface area (Å²) in [7, 11) is 2.15. The summed E-state index contributed by atoms with van der Waals surface area (Å²) in [5, 5.41) is 13.9. The predicted molar refractivity (Wildman–Crippen MR) is 248 cm³/mol. The molecule has 0 spiro atoms. The van der Waals surface area contributed by atoms with Crippen molar-refractivity contribution in [2.45, 2.75) is 23.9 Å². The van der Waals surface area contributed by atoms with Crippen LogP contribution in [0.4, 0.5) is 17.1 Å². The van der Waals surface area contributed by atoms with Crippen molar-refractivity contribution < 1.29 is 19.5 Å². The number of amides is 3. The van der Waals surface area contributed by atoms with Gasteiger partial charge in [0.15, 0.2) is 0 Å². The maximum Gasteiger partial charge on any atom is 0.265 e. The molecule has 11 heteroatoms. The van der Waals surface area contributed by atoms with Gasteiger partial charge in [-0.15, -0.1) is 11.8 Å². The van der Waals surface area contributed by atoms with Crippen molar-refractivity contribution in [3.05, 3.63) is 180 Å². The Balaban J connectivity index is 1.13. The van der Waals surface area contributed by atoms with E-state index in [1.807, 2.05) is 119 Å². The second kappa shape index (κ2) is 18.1. The fraction of sp³-hybridized carbons (Fsp3) is 0.196. The van der Waals surface area contributed by atoms with Crippen molar-refractivity contribution in [2.75, 3.05) is 55.7 Å². The lowest BCUT2D eigenvalue weighted by atomic mass is 9.92. The molecule has 9 rings (SSSR count). The summed E-state index contributed by atoms with van der Waals surface area (Å²) in [6, 6.07) is 47.3. The van der Waals surface area contributed by atoms with E-state index in [0.29, 0.717) is 45.8 Å². The van der Waals surface area contributed by atoms with Crippen molar-refractivity contribution in [3.63, 3.8) is 0 Å². The molecule has 6 aromatic carbocycles. The summed E-state index contributed by atoms with van der Waals surface area (Å²) < 4.78 is 1.93. The van der Waals surface area contributed by atoms with E-state index >= 15 is 4.79 Å². The number of nitrogens with one attached hydrogen (secondary N) is 1. The Kier molecular flexibility index (Phi) is 11.9. The van der Waals surface area contributed by atoms with E-state index < -0.39 is 0 Å². The topological polar surface area (TPSA) is 101 Å². The van der Waals surface area contributed by atoms with Gasteiger partial charge in [0.1, 0.15) is 5.75 Å². The minimum Gasteiger partial charge on any atom is -0.508 e. The number of aromatic nitrogens is 1. The summed E-state index contributed by atoms with van der Waals surface area (Å²) in [6.45, 7) is 5.01. The van der Waals surface area contributed by atoms with Crippen molar-refractivity contribution in [3.8, 4) is 11.4 Å². The lowest BCUT2D eigenvalue weighted by Gasteiger charge is -2.41. The number of aromatic hydroxyl groups is 1. The molecule has 1 saturated heterocycles. The first-order chi connectivity index (χ1) is 30.3. The molecule has 0 radical (unpaired) electrons. The standard InChI is InChI=1S/C51H48N6O4S/c1-53-26-28-54(29-27-53)33-41-30-36-12-8-9-13-37(36)32-55(41)50(60)45-31-38(52-49(59)35-62-43-16-6-3-7-17-43)20-25-48(45)56-34-46(44-18-10-11-19-47(44)56)51(61)57(39-14-4-2-5-15-39)40-21-23-42(58)24-22-40/h2-25,31,34,41,58H,26-30,32-33,35H2,1H3,(H,52,59)/t41-/m0/s1. The number of rotatable bonds is 11. The zero-order chi connectivity index (χ0) is 42.6. The average Bonchev–Trinajstić information content (AvgIpc) is 3.69. The molecule has 0 saturated carbocycles. The molecule has 2 N–H and O–H groups in total. The van der Waals surface area contributed by atoms with Crippen molar-refractivity contribution in [1.82, 2.24) is 19.3 Å². The average molecular weight is 841 g/mol. The van der Waals surface area contributed by atoms with Gasteiger partial charge in [0, 0.05) is 78.9 Å². The van der Waals surface area contributed by atoms with Gasteiger partial charge in [-0.05, 0) is 97.4 Å². The SMILES string of the molecule is CN1CCN(C[C@@H]2Cc3ccccc3CN2C(=O)c2cc(NC(=O)CSc3ccccc3)ccc2-n2cc(C(=O)N(c3ccccc3)c3ccc(O)cc3)c3ccccc32)CC1. The van der Waals surface area contributed by atoms with Crippen LogP contribution >= 0.6 is 11.8 Å². The molecule has 312 valence electrons. The molecule has 0 bridgehead atoms. The fourth-order valence-corrected chi connectivity index (χ4v) is 9.28. The Hall–Kier alpha value is -6.66. The minimum atomic E-state index is -0.274. The first-order valence-electron chi connectivity index (χ1n) is 21.0. The van der Waals surface area contributed by atoms with Gasteiger partial charge in [-0.25, -0.2) is 0 Å². The highest BCUT2D eigenvalue weighted by atomic mass is 32.2. The number of para-hydroxylation sites is 2. The molecule has 1 aromatic heterocycles. The van der Waals surface area contributed by atoms with E-state index in [-0.39, 0.29) is 35.3 Å². The zero-order valence-electron chi connectivity index (χ0n) is 34.6. The molecule has 3 amide bonds. The molecular formula is C51H48N6O4S. The van der Waals surface area contributed by atoms with Crippen LogP contribution in [-0.2, 0) is 17.8 Å². The number of phenols is 1. The second-order valence-corrected chi connectivity index (χ2v) is 17.0. The quantitative estimate of drug-likeness (QED) is 0.126. The Bertz CT molecular complexity index is 2720. The normalized spacial score (nSPS) is 15.6. The third-order valence-electron chi connectivity index (χ3n) is 11.8. The number of benzene rings is 6. The van der Waals surface area contributed by atoms with E-state index in [4.69, 9.17) is 0 Å². The van der Waals surface area contributed by atoms with Crippen molar-refractivity contribution in [1.29, 1.82) is 0 Å². The molecule has 62 heavy (non-hydrogen) atoms. The third-order valence-corrected chi connectivity index (χ3v) is 12.8. The first-order valence-corrected chi connectivity index (χ1v) is 22.0. The van der Waals surface area contributed by atoms with Gasteiger partial charge in [0.05, 0.1) is 28.1 Å². The fourth-order valence-electron chi connectivity index (χ4n) is 8.56. The largest absolute Gasteiger partial charge is 0.508 e. The van der Waals surface area contributed by atoms with Gasteiger partial charge < -0.3 is 24.8 Å². The number of phenolic OH excluding ortho intramolecular Hbond substituents is 1. The number of anilines is 3. The van der Waals surface area contributed by atoms with E-state index in [0.717, 1.165) is 55.1 Å². The molecule has 10 nitrogen and oxygen atoms in total. The van der Waals surface area contributed by atoms with Crippen molar-refractivity contribution >= 4 is 57.4 Å². The Morgan fingerprint density at radius 3 is 2.15 bits per heavy atom. The van der Waals surface area contributed by atoms with Gasteiger partial charge in [0.2, 0.25) is 5.91 Å². The summed E-state index contributed by atoms with van der Waals surface area (Å²) in [5.74, 6) is -0.300. The summed E-state index contributed by atoms with van der Waals surface area (Å²) in [4.78, 5) is 53.4. The number of fused-ring (bicyclic) bond motifs is 2. The minimum absolute atomic E-state index is 0.0857. The third kappa shape index (κ3) is 8.73. The number of nitrogens with zero attached hydrogens (tertiary/aromatic N) is 5. The van der Waals surface area contributed by atoms with Gasteiger partial charge in [0.25, 0.3) is 11.8 Å². The molecule has 3 heterocycles. The monoisotopic (exact) mass is 840 g/mol. The maximum absolute atomic E-state index is 15.5. The number of piperazine rings is 1. The van der Waals surface area contributed by atoms with Crippen LogP contribution in [0.25, 0.3) is 16.6 Å². The number of hydrogen-bond acceptors (Lipinski definition) is 7. The van der Waals surface area contributed by atoms with Crippen LogP contribution in [0, 0.1) is 0 Å². The van der Waals surface area contributed by atoms with Crippen LogP contribution < -0.4 is 10.2 Å². The molecule has 1 atom stereocenters. The molecule has 2 aliphatic rings. The highest BCUT2D eigenvalue weighted by Gasteiger charge is 2.34. The van der Waals surface area contributed by atoms with Gasteiger partial charge in [-0.3, -0.25) is 24.2 Å². The highest BCUT2D eigenvalue weighted by Crippen LogP contribution is 2.35. The highest BCUT2D eigenvalue weighted by molar-refractivity contribution is 8.00. The van der Waals surface area contributed by atoms with E-state index in [1.54, 1.807) is 35.2 Å². The molecular weight excluding hydrogens is 793 g/mol. The van der Waals surface area contributed by atoms with Gasteiger partial charge >= 0.3 is 0 Å². The van der Waals surface area contributed by atoms with Crippen LogP contribution in [0.1, 0.15) is 31.8 Å². The Labute approximate surface area is 366 Å². The lowest BCUT2D eigenvalue weighted by molar-refractivity contribution is -0.113. The molecule has 2 aliphatic heterocycles. The van der Waals surface area contributed by atoms with E-state index in [1.165, 1.54) is 17.3 Å². The van der Waals surface area contributed by atoms with Crippen molar-refractivity contribution in [2.24, 2.45) is 0 Å². The summed E-state index contributed by atoms with van der Waals surface area (Å²) in [6.07, 6.45) is 2.55. The zero-order valence-corrected chi connectivity index (χ0v) is 35.4. The molecule has 0 unspecified atom stereocenters. The van der Waals surface area contributed by atoms with Crippen LogP contribution in [0.15, 0.2) is 163 Å². The Morgan fingerprint density at radius 2 is 1.39 bits per heavy atom. The van der Waals surface area contributed by atoms with Crippen LogP contribution in [-0.4, -0.2) is 93.7 Å². The van der Waals surface area contributed by atoms with Gasteiger partial charge in [-0.1, -0.05) is 78.9 Å². The summed E-state index contributed by atoms with van der Waals surface area (Å²) >= 11 is 1.45. The molecule has 1 fully saturated rings. The smallest absolute Gasteiger partial charge is 0.265 e. The van der Waals surface area contributed by atoms with Crippen LogP contribution in [0.2, 0.25) is 0 Å². The molecule has 0 aliphatic carbocycles. The first kappa shape index (κ1) is 40.7. The van der Waals surface area contributed by atoms with E-state index in [9.17, 15) is 14.7 Å². The van der Waals surface area contributed by atoms with Crippen LogP contribution in [0.5, 0.6) is 5.75 Å².